The fourth-order valence-electron chi connectivity index (χ4n) is 4.47. The molecule has 0 aromatic heterocycles. The van der Waals surface area contributed by atoms with Crippen molar-refractivity contribution in [3.05, 3.63) is 29.8 Å². The highest BCUT2D eigenvalue weighted by Crippen LogP contribution is 2.23. The summed E-state index contributed by atoms with van der Waals surface area (Å²) in [6, 6.07) is 7.49. The van der Waals surface area contributed by atoms with Gasteiger partial charge >= 0.3 is 6.03 Å². The zero-order valence-electron chi connectivity index (χ0n) is 19.9. The van der Waals surface area contributed by atoms with Crippen molar-refractivity contribution in [3.63, 3.8) is 0 Å². The lowest BCUT2D eigenvalue weighted by Gasteiger charge is -2.43. The third-order valence-electron chi connectivity index (χ3n) is 6.58. The molecule has 1 atom stereocenters. The Morgan fingerprint density at radius 1 is 1.03 bits per heavy atom. The van der Waals surface area contributed by atoms with E-state index in [1.54, 1.807) is 0 Å². The Morgan fingerprint density at radius 2 is 1.62 bits per heavy atom. The molecule has 0 bridgehead atoms. The number of carbonyl (C=O) groups excluding carboxylic acids is 2. The number of benzene rings is 1. The van der Waals surface area contributed by atoms with Crippen LogP contribution in [0.15, 0.2) is 24.3 Å². The summed E-state index contributed by atoms with van der Waals surface area (Å²) in [7, 11) is 2.18. The van der Waals surface area contributed by atoms with E-state index in [2.05, 4.69) is 50.1 Å². The first-order valence-electron chi connectivity index (χ1n) is 11.6. The zero-order chi connectivity index (χ0) is 23.3. The molecular weight excluding hydrogens is 517 g/mol. The third kappa shape index (κ3) is 6.81. The molecule has 3 amide bonds. The van der Waals surface area contributed by atoms with Crippen LogP contribution in [0.5, 0.6) is 0 Å². The second-order valence-corrected chi connectivity index (χ2v) is 10.9. The van der Waals surface area contributed by atoms with E-state index in [0.29, 0.717) is 6.04 Å². The number of hydrogen-bond acceptors (Lipinski definition) is 4. The van der Waals surface area contributed by atoms with Crippen molar-refractivity contribution >= 4 is 40.2 Å². The van der Waals surface area contributed by atoms with Gasteiger partial charge in [0.2, 0.25) is 5.91 Å². The Bertz CT molecular complexity index is 764. The van der Waals surface area contributed by atoms with Gasteiger partial charge in [0.25, 0.3) is 0 Å². The lowest BCUT2D eigenvalue weighted by atomic mass is 9.85. The summed E-state index contributed by atoms with van der Waals surface area (Å²) < 4.78 is 0.926. The standard InChI is InChI=1S/C24H38IN5O2/c1-24(2,3)21(27-23(32)26-19-7-5-18(17-25)6-8-19)22(31)30-15-13-29(14-16-30)20-9-11-28(4)12-10-20/h5-8,20-21H,9-17H2,1-4H3,(H2,26,27,32)/t21-/m0/s1. The first-order valence-corrected chi connectivity index (χ1v) is 13.1. The summed E-state index contributed by atoms with van der Waals surface area (Å²) in [4.78, 5) is 32.9. The van der Waals surface area contributed by atoms with E-state index < -0.39 is 6.04 Å². The molecule has 2 fully saturated rings. The Morgan fingerprint density at radius 3 is 2.16 bits per heavy atom. The van der Waals surface area contributed by atoms with Crippen LogP contribution in [0, 0.1) is 5.41 Å². The number of alkyl halides is 1. The summed E-state index contributed by atoms with van der Waals surface area (Å²) in [5, 5.41) is 5.82. The van der Waals surface area contributed by atoms with Crippen LogP contribution in [-0.4, -0.2) is 85.0 Å². The van der Waals surface area contributed by atoms with E-state index in [1.807, 2.05) is 49.9 Å². The van der Waals surface area contributed by atoms with Crippen LogP contribution in [0.4, 0.5) is 10.5 Å². The van der Waals surface area contributed by atoms with Gasteiger partial charge in [-0.15, -0.1) is 0 Å². The average Bonchev–Trinajstić information content (AvgIpc) is 2.77. The molecule has 32 heavy (non-hydrogen) atoms. The number of nitrogens with one attached hydrogen (secondary N) is 2. The van der Waals surface area contributed by atoms with Gasteiger partial charge in [-0.2, -0.15) is 0 Å². The maximum atomic E-state index is 13.4. The Labute approximate surface area is 206 Å². The van der Waals surface area contributed by atoms with Gasteiger partial charge in [0.15, 0.2) is 0 Å². The van der Waals surface area contributed by atoms with Crippen molar-refractivity contribution in [2.75, 3.05) is 51.6 Å². The van der Waals surface area contributed by atoms with Crippen molar-refractivity contribution in [1.82, 2.24) is 20.0 Å². The van der Waals surface area contributed by atoms with E-state index in [9.17, 15) is 9.59 Å². The van der Waals surface area contributed by atoms with Crippen molar-refractivity contribution in [1.29, 1.82) is 0 Å². The lowest BCUT2D eigenvalue weighted by Crippen LogP contribution is -2.60. The van der Waals surface area contributed by atoms with Gasteiger partial charge in [0.05, 0.1) is 0 Å². The number of anilines is 1. The van der Waals surface area contributed by atoms with Gasteiger partial charge in [0, 0.05) is 42.3 Å². The quantitative estimate of drug-likeness (QED) is 0.432. The van der Waals surface area contributed by atoms with E-state index in [1.165, 1.54) is 18.4 Å². The molecule has 2 aliphatic rings. The molecule has 2 N–H and O–H groups in total. The van der Waals surface area contributed by atoms with Crippen molar-refractivity contribution in [2.45, 2.75) is 50.1 Å². The largest absolute Gasteiger partial charge is 0.338 e. The number of likely N-dealkylation sites (tertiary alicyclic amines) is 1. The lowest BCUT2D eigenvalue weighted by molar-refractivity contribution is -0.138. The van der Waals surface area contributed by atoms with Gasteiger partial charge in [-0.1, -0.05) is 55.5 Å². The second kappa shape index (κ2) is 11.2. The summed E-state index contributed by atoms with van der Waals surface area (Å²) in [6.45, 7) is 11.6. The molecular formula is C24H38IN5O2. The van der Waals surface area contributed by atoms with E-state index in [4.69, 9.17) is 0 Å². The summed E-state index contributed by atoms with van der Waals surface area (Å²) in [6.07, 6.45) is 2.41. The predicted octanol–water partition coefficient (Wildman–Crippen LogP) is 3.40. The Hall–Kier alpha value is -1.39. The third-order valence-corrected chi connectivity index (χ3v) is 7.47. The molecule has 0 saturated carbocycles. The predicted molar refractivity (Wildman–Crippen MR) is 138 cm³/mol. The van der Waals surface area contributed by atoms with Crippen molar-refractivity contribution < 1.29 is 9.59 Å². The van der Waals surface area contributed by atoms with Crippen LogP contribution >= 0.6 is 22.6 Å². The molecule has 178 valence electrons. The molecule has 1 aromatic carbocycles. The van der Waals surface area contributed by atoms with Gasteiger partial charge in [-0.25, -0.2) is 4.79 Å². The Kier molecular flexibility index (Phi) is 8.80. The molecule has 0 unspecified atom stereocenters. The number of halogens is 1. The molecule has 0 radical (unpaired) electrons. The topological polar surface area (TPSA) is 67.9 Å². The molecule has 7 nitrogen and oxygen atoms in total. The number of piperidine rings is 1. The number of rotatable bonds is 5. The first-order chi connectivity index (χ1) is 15.2. The van der Waals surface area contributed by atoms with Gasteiger partial charge in [0.1, 0.15) is 6.04 Å². The molecule has 3 rings (SSSR count). The van der Waals surface area contributed by atoms with Crippen LogP contribution in [-0.2, 0) is 9.22 Å². The maximum absolute atomic E-state index is 13.4. The number of hydrogen-bond donors (Lipinski definition) is 2. The normalized spacial score (nSPS) is 20.1. The van der Waals surface area contributed by atoms with Crippen LogP contribution in [0.2, 0.25) is 0 Å². The van der Waals surface area contributed by atoms with Crippen molar-refractivity contribution in [3.8, 4) is 0 Å². The number of carbonyl (C=O) groups is 2. The average molecular weight is 556 g/mol. The monoisotopic (exact) mass is 555 g/mol. The van der Waals surface area contributed by atoms with Crippen LogP contribution in [0.3, 0.4) is 0 Å². The van der Waals surface area contributed by atoms with Gasteiger partial charge < -0.3 is 20.4 Å². The number of amides is 3. The zero-order valence-corrected chi connectivity index (χ0v) is 22.0. The number of nitrogens with zero attached hydrogens (tertiary/aromatic N) is 3. The number of piperazine rings is 1. The van der Waals surface area contributed by atoms with E-state index >= 15 is 0 Å². The molecule has 0 aliphatic carbocycles. The molecule has 2 saturated heterocycles. The molecule has 0 spiro atoms. The van der Waals surface area contributed by atoms with Crippen molar-refractivity contribution in [2.24, 2.45) is 5.41 Å². The highest BCUT2D eigenvalue weighted by molar-refractivity contribution is 14.1. The summed E-state index contributed by atoms with van der Waals surface area (Å²) in [5.41, 5.74) is 1.55. The van der Waals surface area contributed by atoms with Crippen LogP contribution in [0.1, 0.15) is 39.2 Å². The van der Waals surface area contributed by atoms with Crippen LogP contribution < -0.4 is 10.6 Å². The fourth-order valence-corrected chi connectivity index (χ4v) is 4.98. The molecule has 1 aromatic rings. The SMILES string of the molecule is CN1CCC(N2CCN(C(=O)[C@H](NC(=O)Nc3ccc(CI)cc3)C(C)(C)C)CC2)CC1. The maximum Gasteiger partial charge on any atom is 0.319 e. The number of urea groups is 1. The van der Waals surface area contributed by atoms with Gasteiger partial charge in [-0.3, -0.25) is 9.69 Å². The minimum atomic E-state index is -0.578. The second-order valence-electron chi connectivity index (χ2n) is 10.1. The fraction of sp³-hybridized carbons (Fsp3) is 0.667. The highest BCUT2D eigenvalue weighted by Gasteiger charge is 2.37. The molecule has 2 heterocycles. The summed E-state index contributed by atoms with van der Waals surface area (Å²) >= 11 is 2.31. The molecule has 8 heteroatoms. The first kappa shape index (κ1) is 25.2. The van der Waals surface area contributed by atoms with E-state index in [-0.39, 0.29) is 17.4 Å². The molecule has 2 aliphatic heterocycles. The minimum absolute atomic E-state index is 0.0101. The highest BCUT2D eigenvalue weighted by atomic mass is 127. The smallest absolute Gasteiger partial charge is 0.319 e. The van der Waals surface area contributed by atoms with Gasteiger partial charge in [-0.05, 0) is 56.1 Å². The Balaban J connectivity index is 1.56. The summed E-state index contributed by atoms with van der Waals surface area (Å²) in [5.74, 6) is 0.0101. The van der Waals surface area contributed by atoms with Crippen LogP contribution in [0.25, 0.3) is 0 Å². The minimum Gasteiger partial charge on any atom is -0.338 e. The van der Waals surface area contributed by atoms with E-state index in [0.717, 1.165) is 49.4 Å².